The molecule has 0 radical (unpaired) electrons. The van der Waals surface area contributed by atoms with Gasteiger partial charge in [0.1, 0.15) is 0 Å². The molecule has 0 bridgehead atoms. The fourth-order valence-electron chi connectivity index (χ4n) is 1.86. The minimum absolute atomic E-state index is 0.428. The lowest BCUT2D eigenvalue weighted by Gasteiger charge is -2.10. The minimum Gasteiger partial charge on any atom is -0.383 e. The van der Waals surface area contributed by atoms with E-state index in [1.165, 1.54) is 0 Å². The number of nitriles is 1. The summed E-state index contributed by atoms with van der Waals surface area (Å²) in [7, 11) is 0. The maximum absolute atomic E-state index is 8.89. The molecule has 0 spiro atoms. The standard InChI is InChI=1S/C16H16N2/c1-12(2)18-16-8-6-14(7-9-16)15-5-3-4-13(10-15)11-17/h3-10,12,18H,1-2H3. The predicted octanol–water partition coefficient (Wildman–Crippen LogP) is 4.05. The SMILES string of the molecule is CC(C)Nc1ccc(-c2cccc(C#N)c2)cc1. The van der Waals surface area contributed by atoms with Gasteiger partial charge in [-0.1, -0.05) is 24.3 Å². The van der Waals surface area contributed by atoms with Gasteiger partial charge in [0.05, 0.1) is 11.6 Å². The van der Waals surface area contributed by atoms with E-state index >= 15 is 0 Å². The molecule has 0 saturated carbocycles. The minimum atomic E-state index is 0.428. The average Bonchev–Trinajstić information content (AvgIpc) is 2.39. The van der Waals surface area contributed by atoms with Crippen LogP contribution < -0.4 is 5.32 Å². The number of rotatable bonds is 3. The molecule has 2 rings (SSSR count). The average molecular weight is 236 g/mol. The lowest BCUT2D eigenvalue weighted by Crippen LogP contribution is -2.09. The number of anilines is 1. The summed E-state index contributed by atoms with van der Waals surface area (Å²) in [6, 6.07) is 18.5. The third-order valence-electron chi connectivity index (χ3n) is 2.67. The highest BCUT2D eigenvalue weighted by Crippen LogP contribution is 2.22. The number of nitrogens with zero attached hydrogens (tertiary/aromatic N) is 1. The van der Waals surface area contributed by atoms with Crippen LogP contribution in [0.15, 0.2) is 48.5 Å². The molecule has 0 aliphatic rings. The zero-order valence-corrected chi connectivity index (χ0v) is 10.6. The molecule has 0 unspecified atom stereocenters. The maximum atomic E-state index is 8.89. The summed E-state index contributed by atoms with van der Waals surface area (Å²) in [4.78, 5) is 0. The Labute approximate surface area is 108 Å². The molecule has 2 heteroatoms. The van der Waals surface area contributed by atoms with Gasteiger partial charge in [-0.05, 0) is 49.2 Å². The number of hydrogen-bond donors (Lipinski definition) is 1. The maximum Gasteiger partial charge on any atom is 0.0991 e. The van der Waals surface area contributed by atoms with Crippen LogP contribution in [0.25, 0.3) is 11.1 Å². The van der Waals surface area contributed by atoms with Gasteiger partial charge in [-0.15, -0.1) is 0 Å². The van der Waals surface area contributed by atoms with Crippen molar-refractivity contribution in [2.45, 2.75) is 19.9 Å². The summed E-state index contributed by atoms with van der Waals surface area (Å²) in [5, 5.41) is 12.2. The van der Waals surface area contributed by atoms with Crippen molar-refractivity contribution in [3.8, 4) is 17.2 Å². The molecule has 90 valence electrons. The third kappa shape index (κ3) is 2.89. The van der Waals surface area contributed by atoms with E-state index in [1.54, 1.807) is 0 Å². The van der Waals surface area contributed by atoms with Crippen molar-refractivity contribution in [1.82, 2.24) is 0 Å². The zero-order chi connectivity index (χ0) is 13.0. The first-order valence-corrected chi connectivity index (χ1v) is 6.06. The van der Waals surface area contributed by atoms with E-state index in [2.05, 4.69) is 49.5 Å². The van der Waals surface area contributed by atoms with E-state index in [0.29, 0.717) is 11.6 Å². The molecule has 0 aromatic heterocycles. The quantitative estimate of drug-likeness (QED) is 0.872. The zero-order valence-electron chi connectivity index (χ0n) is 10.6. The van der Waals surface area contributed by atoms with Crippen molar-refractivity contribution in [3.63, 3.8) is 0 Å². The molecule has 2 aromatic rings. The summed E-state index contributed by atoms with van der Waals surface area (Å²) in [6.45, 7) is 4.23. The summed E-state index contributed by atoms with van der Waals surface area (Å²) in [6.07, 6.45) is 0. The van der Waals surface area contributed by atoms with Crippen molar-refractivity contribution in [2.24, 2.45) is 0 Å². The van der Waals surface area contributed by atoms with Crippen LogP contribution >= 0.6 is 0 Å². The second-order valence-electron chi connectivity index (χ2n) is 4.57. The first-order chi connectivity index (χ1) is 8.69. The molecule has 18 heavy (non-hydrogen) atoms. The lowest BCUT2D eigenvalue weighted by molar-refractivity contribution is 0.900. The molecular weight excluding hydrogens is 220 g/mol. The highest BCUT2D eigenvalue weighted by molar-refractivity contribution is 5.67. The van der Waals surface area contributed by atoms with E-state index in [4.69, 9.17) is 5.26 Å². The van der Waals surface area contributed by atoms with Crippen molar-refractivity contribution in [1.29, 1.82) is 5.26 Å². The Morgan fingerprint density at radius 1 is 1.00 bits per heavy atom. The molecule has 2 aromatic carbocycles. The first kappa shape index (κ1) is 12.2. The van der Waals surface area contributed by atoms with Gasteiger partial charge in [-0.3, -0.25) is 0 Å². The van der Waals surface area contributed by atoms with Crippen LogP contribution in [0.1, 0.15) is 19.4 Å². The molecular formula is C16H16N2. The Kier molecular flexibility index (Phi) is 3.64. The fraction of sp³-hybridized carbons (Fsp3) is 0.188. The van der Waals surface area contributed by atoms with Crippen LogP contribution in [0.2, 0.25) is 0 Å². The van der Waals surface area contributed by atoms with Crippen LogP contribution in [0, 0.1) is 11.3 Å². The Bertz CT molecular complexity index is 562. The van der Waals surface area contributed by atoms with Gasteiger partial charge < -0.3 is 5.32 Å². The van der Waals surface area contributed by atoms with Gasteiger partial charge in [0, 0.05) is 11.7 Å². The fourth-order valence-corrected chi connectivity index (χ4v) is 1.86. The van der Waals surface area contributed by atoms with E-state index in [9.17, 15) is 0 Å². The molecule has 2 nitrogen and oxygen atoms in total. The summed E-state index contributed by atoms with van der Waals surface area (Å²) in [5.74, 6) is 0. The molecule has 0 aliphatic carbocycles. The summed E-state index contributed by atoms with van der Waals surface area (Å²) in [5.41, 5.74) is 4.01. The molecule has 0 atom stereocenters. The van der Waals surface area contributed by atoms with Gasteiger partial charge >= 0.3 is 0 Å². The topological polar surface area (TPSA) is 35.8 Å². The van der Waals surface area contributed by atoms with Crippen molar-refractivity contribution in [3.05, 3.63) is 54.1 Å². The van der Waals surface area contributed by atoms with E-state index < -0.39 is 0 Å². The van der Waals surface area contributed by atoms with E-state index in [0.717, 1.165) is 16.8 Å². The van der Waals surface area contributed by atoms with Gasteiger partial charge in [0.25, 0.3) is 0 Å². The van der Waals surface area contributed by atoms with E-state index in [-0.39, 0.29) is 0 Å². The third-order valence-corrected chi connectivity index (χ3v) is 2.67. The monoisotopic (exact) mass is 236 g/mol. The molecule has 0 saturated heterocycles. The van der Waals surface area contributed by atoms with Crippen molar-refractivity contribution >= 4 is 5.69 Å². The Balaban J connectivity index is 2.26. The second kappa shape index (κ2) is 5.37. The van der Waals surface area contributed by atoms with Gasteiger partial charge in [-0.25, -0.2) is 0 Å². The lowest BCUT2D eigenvalue weighted by atomic mass is 10.0. The Morgan fingerprint density at radius 2 is 1.72 bits per heavy atom. The molecule has 1 N–H and O–H groups in total. The smallest absolute Gasteiger partial charge is 0.0991 e. The van der Waals surface area contributed by atoms with Crippen molar-refractivity contribution in [2.75, 3.05) is 5.32 Å². The Hall–Kier alpha value is -2.27. The summed E-state index contributed by atoms with van der Waals surface area (Å²) < 4.78 is 0. The van der Waals surface area contributed by atoms with Gasteiger partial charge in [0.15, 0.2) is 0 Å². The molecule has 0 heterocycles. The van der Waals surface area contributed by atoms with Gasteiger partial charge in [0.2, 0.25) is 0 Å². The van der Waals surface area contributed by atoms with E-state index in [1.807, 2.05) is 24.3 Å². The molecule has 0 aliphatic heterocycles. The summed E-state index contributed by atoms with van der Waals surface area (Å²) >= 11 is 0. The molecule has 0 fully saturated rings. The number of benzene rings is 2. The largest absolute Gasteiger partial charge is 0.383 e. The van der Waals surface area contributed by atoms with Gasteiger partial charge in [-0.2, -0.15) is 5.26 Å². The number of hydrogen-bond acceptors (Lipinski definition) is 2. The predicted molar refractivity (Wildman–Crippen MR) is 75.4 cm³/mol. The van der Waals surface area contributed by atoms with Crippen LogP contribution in [-0.4, -0.2) is 6.04 Å². The molecule has 0 amide bonds. The van der Waals surface area contributed by atoms with Crippen LogP contribution in [-0.2, 0) is 0 Å². The van der Waals surface area contributed by atoms with Crippen LogP contribution in [0.3, 0.4) is 0 Å². The van der Waals surface area contributed by atoms with Crippen LogP contribution in [0.4, 0.5) is 5.69 Å². The second-order valence-corrected chi connectivity index (χ2v) is 4.57. The number of nitrogens with one attached hydrogen (secondary N) is 1. The van der Waals surface area contributed by atoms with Crippen LogP contribution in [0.5, 0.6) is 0 Å². The highest BCUT2D eigenvalue weighted by atomic mass is 14.9. The normalized spacial score (nSPS) is 10.1. The Morgan fingerprint density at radius 3 is 2.33 bits per heavy atom. The highest BCUT2D eigenvalue weighted by Gasteiger charge is 2.00. The first-order valence-electron chi connectivity index (χ1n) is 6.06. The van der Waals surface area contributed by atoms with Crippen molar-refractivity contribution < 1.29 is 0 Å².